The Kier molecular flexibility index (Phi) is 5.94. The summed E-state index contributed by atoms with van der Waals surface area (Å²) in [5.41, 5.74) is 5.67. The predicted molar refractivity (Wildman–Crippen MR) is 61.8 cm³/mol. The first-order valence-corrected chi connectivity index (χ1v) is 4.92. The number of rotatable bonds is 4. The molecule has 0 unspecified atom stereocenters. The monoisotopic (exact) mass is 266 g/mol. The number of nitrogens with two attached hydrogens (primary N) is 1. The molecule has 90 valence electrons. The molecule has 1 aromatic heterocycles. The zero-order valence-electron chi connectivity index (χ0n) is 8.41. The molecule has 1 heterocycles. The van der Waals surface area contributed by atoms with Gasteiger partial charge >= 0.3 is 11.0 Å². The van der Waals surface area contributed by atoms with Crippen LogP contribution in [0.4, 0.5) is 5.00 Å². The van der Waals surface area contributed by atoms with Crippen LogP contribution < -0.4 is 5.73 Å². The zero-order chi connectivity index (χ0) is 11.4. The molecule has 16 heavy (non-hydrogen) atoms. The predicted octanol–water partition coefficient (Wildman–Crippen LogP) is 1.64. The Morgan fingerprint density at radius 2 is 2.31 bits per heavy atom. The van der Waals surface area contributed by atoms with E-state index in [1.54, 1.807) is 6.07 Å². The molecule has 0 radical (unpaired) electrons. The lowest BCUT2D eigenvalue weighted by molar-refractivity contribution is -0.380. The molecule has 8 heteroatoms. The van der Waals surface area contributed by atoms with Crippen LogP contribution in [0, 0.1) is 10.1 Å². The van der Waals surface area contributed by atoms with Crippen molar-refractivity contribution in [3.63, 3.8) is 0 Å². The van der Waals surface area contributed by atoms with Gasteiger partial charge in [0.05, 0.1) is 18.5 Å². The number of halogens is 1. The lowest BCUT2D eigenvalue weighted by atomic mass is 10.2. The second kappa shape index (κ2) is 6.41. The summed E-state index contributed by atoms with van der Waals surface area (Å²) in [4.78, 5) is 21.4. The van der Waals surface area contributed by atoms with Crippen LogP contribution in [0.15, 0.2) is 12.1 Å². The third-order valence-electron chi connectivity index (χ3n) is 1.77. The lowest BCUT2D eigenvalue weighted by Gasteiger charge is -2.06. The number of carbonyl (C=O) groups excluding carboxylic acids is 1. The van der Waals surface area contributed by atoms with Gasteiger partial charge in [-0.1, -0.05) is 11.3 Å². The maximum atomic E-state index is 10.9. The fraction of sp³-hybridized carbons (Fsp3) is 0.375. The number of thiophene rings is 1. The third-order valence-corrected chi connectivity index (χ3v) is 2.94. The van der Waals surface area contributed by atoms with Gasteiger partial charge in [-0.3, -0.25) is 14.9 Å². The molecular formula is C8H11ClN2O4S. The summed E-state index contributed by atoms with van der Waals surface area (Å²) in [6.07, 6.45) is 0.0220. The first-order valence-electron chi connectivity index (χ1n) is 4.11. The molecule has 0 aliphatic carbocycles. The summed E-state index contributed by atoms with van der Waals surface area (Å²) in [5.74, 6) is -0.432. The highest BCUT2D eigenvalue weighted by molar-refractivity contribution is 7.15. The minimum absolute atomic E-state index is 0. The molecule has 0 bridgehead atoms. The molecule has 0 saturated heterocycles. The topological polar surface area (TPSA) is 95.5 Å². The van der Waals surface area contributed by atoms with E-state index >= 15 is 0 Å². The Morgan fingerprint density at radius 1 is 1.69 bits per heavy atom. The van der Waals surface area contributed by atoms with Crippen molar-refractivity contribution in [3.05, 3.63) is 27.1 Å². The molecule has 0 aliphatic rings. The Hall–Kier alpha value is -1.18. The highest BCUT2D eigenvalue weighted by Crippen LogP contribution is 2.29. The molecule has 0 aromatic carbocycles. The quantitative estimate of drug-likeness (QED) is 0.508. The molecule has 0 amide bonds. The zero-order valence-corrected chi connectivity index (χ0v) is 10.0. The number of hydrogen-bond acceptors (Lipinski definition) is 6. The Labute approximate surface area is 102 Å². The third kappa shape index (κ3) is 3.76. The molecule has 1 rings (SSSR count). The number of carbonyl (C=O) groups is 1. The van der Waals surface area contributed by atoms with Gasteiger partial charge in [0, 0.05) is 17.0 Å². The number of esters is 1. The first-order chi connectivity index (χ1) is 7.04. The fourth-order valence-electron chi connectivity index (χ4n) is 1.00. The molecule has 0 saturated carbocycles. The van der Waals surface area contributed by atoms with Crippen LogP contribution in [0.5, 0.6) is 0 Å². The number of nitro groups is 1. The smallest absolute Gasteiger partial charge is 0.324 e. The highest BCUT2D eigenvalue weighted by Gasteiger charge is 2.17. The van der Waals surface area contributed by atoms with E-state index in [0.29, 0.717) is 4.88 Å². The Morgan fingerprint density at radius 3 is 2.75 bits per heavy atom. The minimum atomic E-state index is -0.545. The van der Waals surface area contributed by atoms with Gasteiger partial charge in [0.25, 0.3) is 0 Å². The second-order valence-corrected chi connectivity index (χ2v) is 3.91. The van der Waals surface area contributed by atoms with Crippen LogP contribution in [0.3, 0.4) is 0 Å². The van der Waals surface area contributed by atoms with Gasteiger partial charge in [0.1, 0.15) is 0 Å². The van der Waals surface area contributed by atoms with E-state index in [1.165, 1.54) is 13.2 Å². The molecule has 0 fully saturated rings. The van der Waals surface area contributed by atoms with Gasteiger partial charge in [0.2, 0.25) is 0 Å². The van der Waals surface area contributed by atoms with Gasteiger partial charge in [0.15, 0.2) is 0 Å². The molecule has 6 nitrogen and oxygen atoms in total. The number of nitrogens with zero attached hydrogens (tertiary/aromatic N) is 1. The van der Waals surface area contributed by atoms with Crippen molar-refractivity contribution < 1.29 is 14.5 Å². The van der Waals surface area contributed by atoms with E-state index in [-0.39, 0.29) is 23.8 Å². The standard InChI is InChI=1S/C8H10N2O4S.ClH/c1-14-8(11)4-5(9)6-2-3-7(15-6)10(12)13;/h2-3,5H,4,9H2,1H3;1H/t5-;/m1./s1. The van der Waals surface area contributed by atoms with Crippen LogP contribution in [0.1, 0.15) is 17.3 Å². The maximum absolute atomic E-state index is 10.9. The van der Waals surface area contributed by atoms with Crippen LogP contribution in [0.2, 0.25) is 0 Å². The van der Waals surface area contributed by atoms with Crippen LogP contribution in [0.25, 0.3) is 0 Å². The highest BCUT2D eigenvalue weighted by atomic mass is 35.5. The van der Waals surface area contributed by atoms with Crippen LogP contribution in [-0.4, -0.2) is 18.0 Å². The molecule has 2 N–H and O–H groups in total. The minimum Gasteiger partial charge on any atom is -0.469 e. The van der Waals surface area contributed by atoms with E-state index in [1.807, 2.05) is 0 Å². The van der Waals surface area contributed by atoms with Crippen molar-refractivity contribution in [1.29, 1.82) is 0 Å². The van der Waals surface area contributed by atoms with Crippen LogP contribution in [-0.2, 0) is 9.53 Å². The molecular weight excluding hydrogens is 256 g/mol. The van der Waals surface area contributed by atoms with Crippen molar-refractivity contribution in [1.82, 2.24) is 0 Å². The average Bonchev–Trinajstić information content (AvgIpc) is 2.66. The second-order valence-electron chi connectivity index (χ2n) is 2.82. The van der Waals surface area contributed by atoms with Gasteiger partial charge in [-0.25, -0.2) is 0 Å². The summed E-state index contributed by atoms with van der Waals surface area (Å²) in [6.45, 7) is 0. The summed E-state index contributed by atoms with van der Waals surface area (Å²) >= 11 is 0.970. The van der Waals surface area contributed by atoms with Crippen molar-refractivity contribution in [2.24, 2.45) is 5.73 Å². The van der Waals surface area contributed by atoms with Crippen molar-refractivity contribution in [2.45, 2.75) is 12.5 Å². The largest absolute Gasteiger partial charge is 0.469 e. The van der Waals surface area contributed by atoms with Gasteiger partial charge in [-0.15, -0.1) is 12.4 Å². The summed E-state index contributed by atoms with van der Waals surface area (Å²) in [7, 11) is 1.27. The number of methoxy groups -OCH3 is 1. The van der Waals surface area contributed by atoms with Crippen molar-refractivity contribution in [2.75, 3.05) is 7.11 Å². The average molecular weight is 267 g/mol. The maximum Gasteiger partial charge on any atom is 0.324 e. The lowest BCUT2D eigenvalue weighted by Crippen LogP contribution is -2.15. The van der Waals surface area contributed by atoms with E-state index in [2.05, 4.69) is 4.74 Å². The molecule has 1 atom stereocenters. The van der Waals surface area contributed by atoms with E-state index in [0.717, 1.165) is 11.3 Å². The van der Waals surface area contributed by atoms with Crippen molar-refractivity contribution >= 4 is 34.7 Å². The van der Waals surface area contributed by atoms with Crippen molar-refractivity contribution in [3.8, 4) is 0 Å². The van der Waals surface area contributed by atoms with E-state index in [4.69, 9.17) is 5.73 Å². The summed E-state index contributed by atoms with van der Waals surface area (Å²) in [5, 5.41) is 10.4. The van der Waals surface area contributed by atoms with E-state index in [9.17, 15) is 14.9 Å². The molecule has 0 spiro atoms. The van der Waals surface area contributed by atoms with E-state index < -0.39 is 16.9 Å². The number of hydrogen-bond donors (Lipinski definition) is 1. The van der Waals surface area contributed by atoms with Crippen LogP contribution >= 0.6 is 23.7 Å². The number of ether oxygens (including phenoxy) is 1. The van der Waals surface area contributed by atoms with Gasteiger partial charge in [-0.2, -0.15) is 0 Å². The van der Waals surface area contributed by atoms with Gasteiger partial charge in [-0.05, 0) is 6.07 Å². The first kappa shape index (κ1) is 14.8. The normalized spacial score (nSPS) is 11.4. The Balaban J connectivity index is 0.00000225. The summed E-state index contributed by atoms with van der Waals surface area (Å²) < 4.78 is 4.45. The fourth-order valence-corrected chi connectivity index (χ4v) is 1.83. The SMILES string of the molecule is COC(=O)C[C@@H](N)c1ccc([N+](=O)[O-])s1.Cl. The van der Waals surface area contributed by atoms with Gasteiger partial charge < -0.3 is 10.5 Å². The Bertz CT molecular complexity index is 382. The molecule has 1 aromatic rings. The summed E-state index contributed by atoms with van der Waals surface area (Å²) in [6, 6.07) is 2.38. The molecule has 0 aliphatic heterocycles.